The highest BCUT2D eigenvalue weighted by atomic mass is 16.4. The molecule has 2 aliphatic rings. The Balaban J connectivity index is 0.000000128. The molecule has 0 amide bonds. The molecule has 2 fully saturated rings. The van der Waals surface area contributed by atoms with Crippen LogP contribution in [0.3, 0.4) is 0 Å². The maximum Gasteiger partial charge on any atom is 0.360 e. The molecule has 2 aliphatic heterocycles. The molecule has 46 heavy (non-hydrogen) atoms. The maximum absolute atomic E-state index is 11.6. The van der Waals surface area contributed by atoms with Crippen molar-refractivity contribution < 1.29 is 9.90 Å². The van der Waals surface area contributed by atoms with Gasteiger partial charge in [-0.2, -0.15) is 0 Å². The van der Waals surface area contributed by atoms with Gasteiger partial charge in [0, 0.05) is 69.3 Å². The van der Waals surface area contributed by atoms with Crippen molar-refractivity contribution in [2.75, 3.05) is 62.2 Å². The number of para-hydroxylation sites is 3. The number of fused-ring (bicyclic) bond motifs is 3. The molecule has 6 aromatic rings. The number of carboxylic acid groups (broad SMARTS) is 1. The molecule has 5 heterocycles. The SMILES string of the molecule is O=C(O)c1nc2c(N3CCNCC3)cccc2[nH]c1=O.c1ccc2nc(N3CCNCC3)ccc2c1.c1ccc2ncccc2c1. The zero-order chi connectivity index (χ0) is 31.7. The van der Waals surface area contributed by atoms with Gasteiger partial charge in [-0.3, -0.25) is 9.78 Å². The summed E-state index contributed by atoms with van der Waals surface area (Å²) in [5, 5.41) is 18.0. The molecule has 234 valence electrons. The molecule has 0 saturated carbocycles. The molecule has 11 nitrogen and oxygen atoms in total. The molecule has 0 spiro atoms. The number of benzene rings is 3. The zero-order valence-electron chi connectivity index (χ0n) is 25.4. The summed E-state index contributed by atoms with van der Waals surface area (Å²) in [6.45, 7) is 7.57. The third-order valence-electron chi connectivity index (χ3n) is 7.90. The lowest BCUT2D eigenvalue weighted by atomic mass is 10.2. The first-order valence-corrected chi connectivity index (χ1v) is 15.4. The van der Waals surface area contributed by atoms with E-state index in [0.717, 1.165) is 74.9 Å². The number of aromatic nitrogens is 4. The fraction of sp³-hybridized carbons (Fsp3) is 0.229. The van der Waals surface area contributed by atoms with E-state index < -0.39 is 17.2 Å². The topological polar surface area (TPSA) is 139 Å². The van der Waals surface area contributed by atoms with Crippen molar-refractivity contribution in [2.24, 2.45) is 0 Å². The number of carboxylic acids is 1. The number of aromatic amines is 1. The highest BCUT2D eigenvalue weighted by molar-refractivity contribution is 5.92. The van der Waals surface area contributed by atoms with E-state index >= 15 is 0 Å². The van der Waals surface area contributed by atoms with Crippen LogP contribution >= 0.6 is 0 Å². The molecule has 8 rings (SSSR count). The highest BCUT2D eigenvalue weighted by Gasteiger charge is 2.18. The van der Waals surface area contributed by atoms with E-state index in [1.54, 1.807) is 6.07 Å². The van der Waals surface area contributed by atoms with Gasteiger partial charge >= 0.3 is 5.97 Å². The minimum atomic E-state index is -1.32. The summed E-state index contributed by atoms with van der Waals surface area (Å²) >= 11 is 0. The van der Waals surface area contributed by atoms with Crippen LogP contribution in [0.2, 0.25) is 0 Å². The van der Waals surface area contributed by atoms with Gasteiger partial charge in [0.25, 0.3) is 5.56 Å². The van der Waals surface area contributed by atoms with Crippen molar-refractivity contribution in [1.82, 2.24) is 30.6 Å². The average molecular weight is 617 g/mol. The normalized spacial score (nSPS) is 14.7. The molecule has 2 saturated heterocycles. The molecule has 4 N–H and O–H groups in total. The van der Waals surface area contributed by atoms with Crippen molar-refractivity contribution in [1.29, 1.82) is 0 Å². The van der Waals surface area contributed by atoms with Gasteiger partial charge in [-0.05, 0) is 42.5 Å². The lowest BCUT2D eigenvalue weighted by molar-refractivity contribution is 0.0689. The fourth-order valence-electron chi connectivity index (χ4n) is 5.54. The summed E-state index contributed by atoms with van der Waals surface area (Å²) in [6, 6.07) is 30.1. The van der Waals surface area contributed by atoms with Crippen LogP contribution in [0.4, 0.5) is 11.5 Å². The number of nitrogens with zero attached hydrogens (tertiary/aromatic N) is 5. The summed E-state index contributed by atoms with van der Waals surface area (Å²) in [6.07, 6.45) is 1.81. The van der Waals surface area contributed by atoms with E-state index in [9.17, 15) is 9.59 Å². The Kier molecular flexibility index (Phi) is 9.72. The number of hydrogen-bond acceptors (Lipinski definition) is 9. The third kappa shape index (κ3) is 7.28. The number of rotatable bonds is 3. The van der Waals surface area contributed by atoms with Crippen LogP contribution in [0, 0.1) is 0 Å². The second-order valence-corrected chi connectivity index (χ2v) is 10.9. The van der Waals surface area contributed by atoms with Crippen LogP contribution in [0.5, 0.6) is 0 Å². The summed E-state index contributed by atoms with van der Waals surface area (Å²) in [5.74, 6) is -0.219. The maximum atomic E-state index is 11.6. The Morgan fingerprint density at radius 3 is 2.00 bits per heavy atom. The molecule has 0 unspecified atom stereocenters. The van der Waals surface area contributed by atoms with Crippen LogP contribution in [-0.4, -0.2) is 83.4 Å². The minimum absolute atomic E-state index is 0.472. The minimum Gasteiger partial charge on any atom is -0.476 e. The summed E-state index contributed by atoms with van der Waals surface area (Å²) in [4.78, 5) is 42.7. The Morgan fingerprint density at radius 1 is 0.674 bits per heavy atom. The number of hydrogen-bond donors (Lipinski definition) is 4. The van der Waals surface area contributed by atoms with Gasteiger partial charge in [-0.15, -0.1) is 0 Å². The van der Waals surface area contributed by atoms with Crippen molar-refractivity contribution >= 4 is 50.3 Å². The van der Waals surface area contributed by atoms with Gasteiger partial charge in [-0.25, -0.2) is 14.8 Å². The van der Waals surface area contributed by atoms with Gasteiger partial charge in [0.1, 0.15) is 11.3 Å². The summed E-state index contributed by atoms with van der Waals surface area (Å²) < 4.78 is 0. The van der Waals surface area contributed by atoms with E-state index in [2.05, 4.69) is 77.8 Å². The zero-order valence-corrected chi connectivity index (χ0v) is 25.4. The van der Waals surface area contributed by atoms with Crippen molar-refractivity contribution in [3.05, 3.63) is 113 Å². The molecule has 3 aromatic heterocycles. The monoisotopic (exact) mass is 616 g/mol. The van der Waals surface area contributed by atoms with Crippen LogP contribution in [0.15, 0.2) is 102 Å². The average Bonchev–Trinajstić information content (AvgIpc) is 3.12. The number of piperazine rings is 2. The molecule has 0 bridgehead atoms. The Labute approximate surface area is 265 Å². The molecular weight excluding hydrogens is 580 g/mol. The summed E-state index contributed by atoms with van der Waals surface area (Å²) in [5.41, 5.74) is 2.91. The van der Waals surface area contributed by atoms with E-state index in [-0.39, 0.29) is 0 Å². The van der Waals surface area contributed by atoms with Gasteiger partial charge in [0.2, 0.25) is 5.69 Å². The van der Waals surface area contributed by atoms with Crippen LogP contribution in [0.1, 0.15) is 10.5 Å². The van der Waals surface area contributed by atoms with Gasteiger partial charge < -0.3 is 30.5 Å². The lowest BCUT2D eigenvalue weighted by Gasteiger charge is -2.29. The standard InChI is InChI=1S/C13H14N4O3.C13H15N3.C9H7N/c18-12-11(13(19)20)16-10-8(15-12)2-1-3-9(10)17-6-4-14-5-7-17;1-2-4-12-11(3-1)5-6-13(15-12)16-9-7-14-8-10-16;1-2-6-9-8(4-1)5-3-7-10-9/h1-3,14H,4-7H2,(H,15,18)(H,19,20);1-6,14H,7-10H2;1-7H. The van der Waals surface area contributed by atoms with Crippen LogP contribution < -0.4 is 26.0 Å². The molecule has 3 aromatic carbocycles. The lowest BCUT2D eigenvalue weighted by Crippen LogP contribution is -2.43. The Morgan fingerprint density at radius 2 is 1.30 bits per heavy atom. The number of pyridine rings is 2. The van der Waals surface area contributed by atoms with Crippen molar-refractivity contribution in [3.63, 3.8) is 0 Å². The predicted octanol–water partition coefficient (Wildman–Crippen LogP) is 3.91. The fourth-order valence-corrected chi connectivity index (χ4v) is 5.54. The highest BCUT2D eigenvalue weighted by Crippen LogP contribution is 2.24. The Bertz CT molecular complexity index is 1940. The van der Waals surface area contributed by atoms with Crippen molar-refractivity contribution in [3.8, 4) is 0 Å². The summed E-state index contributed by atoms with van der Waals surface area (Å²) in [7, 11) is 0. The third-order valence-corrected chi connectivity index (χ3v) is 7.90. The van der Waals surface area contributed by atoms with Crippen molar-refractivity contribution in [2.45, 2.75) is 0 Å². The molecule has 11 heteroatoms. The smallest absolute Gasteiger partial charge is 0.360 e. The quantitative estimate of drug-likeness (QED) is 0.231. The van der Waals surface area contributed by atoms with Crippen LogP contribution in [-0.2, 0) is 0 Å². The number of aromatic carboxylic acids is 1. The van der Waals surface area contributed by atoms with E-state index in [1.165, 1.54) is 10.8 Å². The number of nitrogens with one attached hydrogen (secondary N) is 3. The molecular formula is C35H36N8O3. The Hall–Kier alpha value is -5.39. The number of H-pyrrole nitrogens is 1. The first-order chi connectivity index (χ1) is 22.6. The van der Waals surface area contributed by atoms with E-state index in [0.29, 0.717) is 11.0 Å². The van der Waals surface area contributed by atoms with E-state index in [4.69, 9.17) is 10.1 Å². The molecule has 0 radical (unpaired) electrons. The molecule has 0 aliphatic carbocycles. The number of carbonyl (C=O) groups is 1. The first kappa shape index (κ1) is 30.6. The van der Waals surface area contributed by atoms with Crippen LogP contribution in [0.25, 0.3) is 32.8 Å². The second-order valence-electron chi connectivity index (χ2n) is 10.9. The van der Waals surface area contributed by atoms with Gasteiger partial charge in [-0.1, -0.05) is 48.5 Å². The second kappa shape index (κ2) is 14.6. The van der Waals surface area contributed by atoms with Gasteiger partial charge in [0.05, 0.1) is 22.2 Å². The number of anilines is 2. The molecule has 0 atom stereocenters. The first-order valence-electron chi connectivity index (χ1n) is 15.4. The largest absolute Gasteiger partial charge is 0.476 e. The van der Waals surface area contributed by atoms with E-state index in [1.807, 2.05) is 48.7 Å². The van der Waals surface area contributed by atoms with Gasteiger partial charge in [0.15, 0.2) is 0 Å². The predicted molar refractivity (Wildman–Crippen MR) is 183 cm³/mol.